The molecule has 106 valence electrons. The number of oxazole rings is 1. The molecule has 4 heteroatoms. The molecule has 0 unspecified atom stereocenters. The molecule has 0 bridgehead atoms. The zero-order valence-electron chi connectivity index (χ0n) is 12.6. The highest BCUT2D eigenvalue weighted by Crippen LogP contribution is 2.25. The van der Waals surface area contributed by atoms with Crippen molar-refractivity contribution in [1.29, 1.82) is 0 Å². The molecule has 0 saturated carbocycles. The average molecular weight is 272 g/mol. The molecule has 0 spiro atoms. The lowest BCUT2D eigenvalue weighted by atomic mass is 10.1. The lowest BCUT2D eigenvalue weighted by Gasteiger charge is -2.28. The first-order valence-electron chi connectivity index (χ1n) is 6.73. The standard InChI is InChI=1S/C16H20N2O2/c1-10(2)18(15-8-11(3)6-7-12(15)4)16(19)14-9-20-13(5)17-14/h6-10H,1-5H3. The summed E-state index contributed by atoms with van der Waals surface area (Å²) in [4.78, 5) is 18.6. The topological polar surface area (TPSA) is 46.3 Å². The van der Waals surface area contributed by atoms with E-state index in [2.05, 4.69) is 4.98 Å². The summed E-state index contributed by atoms with van der Waals surface area (Å²) in [5.74, 6) is 0.364. The summed E-state index contributed by atoms with van der Waals surface area (Å²) in [6.07, 6.45) is 1.41. The number of aryl methyl sites for hydroxylation is 3. The second-order valence-corrected chi connectivity index (χ2v) is 5.31. The number of hydrogen-bond acceptors (Lipinski definition) is 3. The Bertz CT molecular complexity index is 629. The minimum Gasteiger partial charge on any atom is -0.448 e. The van der Waals surface area contributed by atoms with Gasteiger partial charge in [-0.15, -0.1) is 0 Å². The number of aromatic nitrogens is 1. The van der Waals surface area contributed by atoms with E-state index in [0.717, 1.165) is 16.8 Å². The maximum absolute atomic E-state index is 12.7. The van der Waals surface area contributed by atoms with Crippen LogP contribution in [0, 0.1) is 20.8 Å². The van der Waals surface area contributed by atoms with Gasteiger partial charge in [0.05, 0.1) is 0 Å². The van der Waals surface area contributed by atoms with Gasteiger partial charge in [0, 0.05) is 18.7 Å². The van der Waals surface area contributed by atoms with Crippen molar-refractivity contribution in [2.75, 3.05) is 4.90 Å². The molecule has 2 aromatic rings. The van der Waals surface area contributed by atoms with Gasteiger partial charge in [0.2, 0.25) is 0 Å². The second kappa shape index (κ2) is 5.49. The molecule has 1 amide bonds. The van der Waals surface area contributed by atoms with E-state index in [0.29, 0.717) is 11.6 Å². The van der Waals surface area contributed by atoms with Gasteiger partial charge >= 0.3 is 0 Å². The highest BCUT2D eigenvalue weighted by molar-refractivity contribution is 6.05. The van der Waals surface area contributed by atoms with Gasteiger partial charge in [0.15, 0.2) is 11.6 Å². The van der Waals surface area contributed by atoms with Gasteiger partial charge in [-0.25, -0.2) is 4.98 Å². The molecule has 0 atom stereocenters. The van der Waals surface area contributed by atoms with Gasteiger partial charge in [-0.3, -0.25) is 4.79 Å². The van der Waals surface area contributed by atoms with Crippen LogP contribution in [0.5, 0.6) is 0 Å². The van der Waals surface area contributed by atoms with E-state index in [-0.39, 0.29) is 11.9 Å². The average Bonchev–Trinajstić information content (AvgIpc) is 2.80. The number of hydrogen-bond donors (Lipinski definition) is 0. The number of amides is 1. The third-order valence-electron chi connectivity index (χ3n) is 3.20. The van der Waals surface area contributed by atoms with E-state index in [1.165, 1.54) is 6.26 Å². The molecule has 0 N–H and O–H groups in total. The Morgan fingerprint density at radius 3 is 2.50 bits per heavy atom. The van der Waals surface area contributed by atoms with Crippen molar-refractivity contribution in [3.05, 3.63) is 47.2 Å². The third-order valence-corrected chi connectivity index (χ3v) is 3.20. The van der Waals surface area contributed by atoms with Crippen LogP contribution in [0.3, 0.4) is 0 Å². The summed E-state index contributed by atoms with van der Waals surface area (Å²) in [7, 11) is 0. The van der Waals surface area contributed by atoms with E-state index in [1.807, 2.05) is 45.9 Å². The Hall–Kier alpha value is -2.10. The Morgan fingerprint density at radius 1 is 1.25 bits per heavy atom. The van der Waals surface area contributed by atoms with Crippen molar-refractivity contribution in [2.24, 2.45) is 0 Å². The fourth-order valence-corrected chi connectivity index (χ4v) is 2.19. The maximum Gasteiger partial charge on any atom is 0.280 e. The van der Waals surface area contributed by atoms with E-state index >= 15 is 0 Å². The van der Waals surface area contributed by atoms with Crippen molar-refractivity contribution in [2.45, 2.75) is 40.7 Å². The van der Waals surface area contributed by atoms with Gasteiger partial charge in [-0.1, -0.05) is 12.1 Å². The molecule has 0 radical (unpaired) electrons. The summed E-state index contributed by atoms with van der Waals surface area (Å²) in [5.41, 5.74) is 3.46. The quantitative estimate of drug-likeness (QED) is 0.856. The van der Waals surface area contributed by atoms with Crippen molar-refractivity contribution < 1.29 is 9.21 Å². The van der Waals surface area contributed by atoms with Gasteiger partial charge in [-0.05, 0) is 44.9 Å². The van der Waals surface area contributed by atoms with Crippen molar-refractivity contribution >= 4 is 11.6 Å². The molecule has 1 aromatic heterocycles. The fraction of sp³-hybridized carbons (Fsp3) is 0.375. The molecule has 4 nitrogen and oxygen atoms in total. The largest absolute Gasteiger partial charge is 0.448 e. The van der Waals surface area contributed by atoms with Crippen LogP contribution in [0.1, 0.15) is 41.4 Å². The number of carbonyl (C=O) groups excluding carboxylic acids is 1. The molecule has 2 rings (SSSR count). The van der Waals surface area contributed by atoms with Crippen LogP contribution in [0.4, 0.5) is 5.69 Å². The van der Waals surface area contributed by atoms with Gasteiger partial charge < -0.3 is 9.32 Å². The summed E-state index contributed by atoms with van der Waals surface area (Å²) >= 11 is 0. The highest BCUT2D eigenvalue weighted by Gasteiger charge is 2.24. The number of rotatable bonds is 3. The van der Waals surface area contributed by atoms with Crippen LogP contribution in [0.25, 0.3) is 0 Å². The van der Waals surface area contributed by atoms with Crippen LogP contribution in [-0.4, -0.2) is 16.9 Å². The van der Waals surface area contributed by atoms with E-state index < -0.39 is 0 Å². The van der Waals surface area contributed by atoms with E-state index in [1.54, 1.807) is 11.8 Å². The molecule has 1 aromatic carbocycles. The zero-order valence-corrected chi connectivity index (χ0v) is 12.6. The summed E-state index contributed by atoms with van der Waals surface area (Å²) in [6.45, 7) is 9.74. The summed E-state index contributed by atoms with van der Waals surface area (Å²) < 4.78 is 5.15. The van der Waals surface area contributed by atoms with Crippen LogP contribution in [0.2, 0.25) is 0 Å². The molecule has 1 heterocycles. The lowest BCUT2D eigenvalue weighted by molar-refractivity contribution is 0.0975. The first-order valence-corrected chi connectivity index (χ1v) is 6.73. The smallest absolute Gasteiger partial charge is 0.280 e. The monoisotopic (exact) mass is 272 g/mol. The Labute approximate surface area is 119 Å². The van der Waals surface area contributed by atoms with Gasteiger partial charge in [0.25, 0.3) is 5.91 Å². The first-order chi connectivity index (χ1) is 9.40. The molecule has 0 aliphatic carbocycles. The minimum atomic E-state index is -0.134. The van der Waals surface area contributed by atoms with Crippen molar-refractivity contribution in [3.8, 4) is 0 Å². The summed E-state index contributed by atoms with van der Waals surface area (Å²) in [6, 6.07) is 6.14. The molecular formula is C16H20N2O2. The molecule has 0 fully saturated rings. The molecule has 0 saturated heterocycles. The predicted molar refractivity (Wildman–Crippen MR) is 79.1 cm³/mol. The van der Waals surface area contributed by atoms with E-state index in [9.17, 15) is 4.79 Å². The number of benzene rings is 1. The Kier molecular flexibility index (Phi) is 3.93. The Balaban J connectivity index is 2.46. The molecule has 0 aliphatic rings. The minimum absolute atomic E-state index is 0.0417. The van der Waals surface area contributed by atoms with E-state index in [4.69, 9.17) is 4.42 Å². The second-order valence-electron chi connectivity index (χ2n) is 5.31. The molecular weight excluding hydrogens is 252 g/mol. The van der Waals surface area contributed by atoms with Crippen LogP contribution < -0.4 is 4.90 Å². The SMILES string of the molecule is Cc1ccc(C)c(N(C(=O)c2coc(C)n2)C(C)C)c1. The maximum atomic E-state index is 12.7. The number of nitrogens with zero attached hydrogens (tertiary/aromatic N) is 2. The van der Waals surface area contributed by atoms with Gasteiger partial charge in [0.1, 0.15) is 6.26 Å². The molecule has 20 heavy (non-hydrogen) atoms. The zero-order chi connectivity index (χ0) is 14.9. The normalized spacial score (nSPS) is 10.9. The van der Waals surface area contributed by atoms with Gasteiger partial charge in [-0.2, -0.15) is 0 Å². The first kappa shape index (κ1) is 14.3. The van der Waals surface area contributed by atoms with Crippen LogP contribution >= 0.6 is 0 Å². The summed E-state index contributed by atoms with van der Waals surface area (Å²) in [5, 5.41) is 0. The van der Waals surface area contributed by atoms with Crippen molar-refractivity contribution in [1.82, 2.24) is 4.98 Å². The highest BCUT2D eigenvalue weighted by atomic mass is 16.3. The fourth-order valence-electron chi connectivity index (χ4n) is 2.19. The number of anilines is 1. The predicted octanol–water partition coefficient (Wildman–Crippen LogP) is 3.66. The lowest BCUT2D eigenvalue weighted by Crippen LogP contribution is -2.37. The van der Waals surface area contributed by atoms with Crippen LogP contribution in [-0.2, 0) is 0 Å². The molecule has 0 aliphatic heterocycles. The Morgan fingerprint density at radius 2 is 1.95 bits per heavy atom. The number of carbonyl (C=O) groups is 1. The van der Waals surface area contributed by atoms with Crippen molar-refractivity contribution in [3.63, 3.8) is 0 Å². The third kappa shape index (κ3) is 2.74. The van der Waals surface area contributed by atoms with Crippen LogP contribution in [0.15, 0.2) is 28.9 Å².